The Labute approximate surface area is 151 Å². The topological polar surface area (TPSA) is 92.1 Å². The summed E-state index contributed by atoms with van der Waals surface area (Å²) in [6.07, 6.45) is 1.19. The van der Waals surface area contributed by atoms with Crippen LogP contribution >= 0.6 is 15.9 Å². The van der Waals surface area contributed by atoms with Crippen LogP contribution in [0.5, 0.6) is 0 Å². The highest BCUT2D eigenvalue weighted by Crippen LogP contribution is 2.23. The van der Waals surface area contributed by atoms with Gasteiger partial charge in [-0.3, -0.25) is 4.21 Å². The second-order valence-corrected chi connectivity index (χ2v) is 8.34. The smallest absolute Gasteiger partial charge is 0.146 e. The first-order valence-electron chi connectivity index (χ1n) is 7.34. The molecule has 5 nitrogen and oxygen atoms in total. The fourth-order valence-corrected chi connectivity index (χ4v) is 3.49. The number of halogens is 3. The summed E-state index contributed by atoms with van der Waals surface area (Å²) in [4.78, 5) is 3.88. The second kappa shape index (κ2) is 8.83. The van der Waals surface area contributed by atoms with Gasteiger partial charge in [-0.2, -0.15) is 5.26 Å². The molecular weight excluding hydrogens is 402 g/mol. The Hall–Kier alpha value is -1.11. The van der Waals surface area contributed by atoms with Crippen LogP contribution in [0, 0.1) is 22.6 Å². The molecule has 0 saturated carbocycles. The first kappa shape index (κ1) is 20.9. The Morgan fingerprint density at radius 1 is 1.50 bits per heavy atom. The van der Waals surface area contributed by atoms with E-state index in [4.69, 9.17) is 11.0 Å². The third-order valence-corrected chi connectivity index (χ3v) is 5.25. The summed E-state index contributed by atoms with van der Waals surface area (Å²) >= 11 is 3.08. The van der Waals surface area contributed by atoms with Crippen molar-refractivity contribution >= 4 is 26.5 Å². The molecule has 2 N–H and O–H groups in total. The number of pyridine rings is 1. The molecule has 9 heteroatoms. The molecule has 0 amide bonds. The third-order valence-electron chi connectivity index (χ3n) is 3.46. The quantitative estimate of drug-likeness (QED) is 0.382. The van der Waals surface area contributed by atoms with Gasteiger partial charge in [-0.1, -0.05) is 0 Å². The van der Waals surface area contributed by atoms with Crippen LogP contribution in [-0.2, 0) is 16.1 Å². The zero-order chi connectivity index (χ0) is 18.4. The van der Waals surface area contributed by atoms with Gasteiger partial charge in [0, 0.05) is 17.1 Å². The van der Waals surface area contributed by atoms with Crippen LogP contribution in [0.2, 0.25) is 0 Å². The SMILES string of the molecule is CC(C)(C#N)CCC/N=[SH](=O)/C[C@@](N)(CF)c1nc(Br)ccc1F. The highest BCUT2D eigenvalue weighted by atomic mass is 79.9. The van der Waals surface area contributed by atoms with Crippen LogP contribution in [0.1, 0.15) is 32.4 Å². The average Bonchev–Trinajstić information content (AvgIpc) is 2.53. The lowest BCUT2D eigenvalue weighted by atomic mass is 9.90. The van der Waals surface area contributed by atoms with Gasteiger partial charge in [-0.15, -0.1) is 0 Å². The average molecular weight is 423 g/mol. The van der Waals surface area contributed by atoms with E-state index in [1.165, 1.54) is 6.07 Å². The second-order valence-electron chi connectivity index (χ2n) is 6.23. The monoisotopic (exact) mass is 422 g/mol. The van der Waals surface area contributed by atoms with E-state index in [1.54, 1.807) is 0 Å². The maximum atomic E-state index is 13.9. The maximum Gasteiger partial charge on any atom is 0.146 e. The van der Waals surface area contributed by atoms with E-state index in [2.05, 4.69) is 31.3 Å². The highest BCUT2D eigenvalue weighted by Gasteiger charge is 2.33. The summed E-state index contributed by atoms with van der Waals surface area (Å²) in [7, 11) is -2.17. The summed E-state index contributed by atoms with van der Waals surface area (Å²) in [6, 6.07) is 4.67. The number of hydrogen-bond acceptors (Lipinski definition) is 5. The summed E-state index contributed by atoms with van der Waals surface area (Å²) in [6.45, 7) is 2.79. The Balaban J connectivity index is 2.80. The van der Waals surface area contributed by atoms with Crippen molar-refractivity contribution in [3.63, 3.8) is 0 Å². The minimum Gasteiger partial charge on any atom is -0.317 e. The van der Waals surface area contributed by atoms with Gasteiger partial charge in [0.15, 0.2) is 0 Å². The number of aromatic nitrogens is 1. The summed E-state index contributed by atoms with van der Waals surface area (Å²) in [5.41, 5.74) is 3.36. The molecule has 1 aromatic rings. The molecule has 1 unspecified atom stereocenters. The number of thiol groups is 1. The predicted octanol–water partition coefficient (Wildman–Crippen LogP) is 3.10. The van der Waals surface area contributed by atoms with Crippen molar-refractivity contribution in [2.45, 2.75) is 32.2 Å². The minimum atomic E-state index is -2.17. The van der Waals surface area contributed by atoms with Gasteiger partial charge < -0.3 is 5.73 Å². The number of alkyl halides is 1. The highest BCUT2D eigenvalue weighted by molar-refractivity contribution is 9.10. The van der Waals surface area contributed by atoms with Gasteiger partial charge in [-0.25, -0.2) is 18.1 Å². The van der Waals surface area contributed by atoms with Crippen LogP contribution in [0.3, 0.4) is 0 Å². The lowest BCUT2D eigenvalue weighted by Gasteiger charge is -2.24. The molecule has 1 heterocycles. The molecule has 24 heavy (non-hydrogen) atoms. The molecule has 0 radical (unpaired) electrons. The largest absolute Gasteiger partial charge is 0.317 e. The number of rotatable bonds is 8. The molecule has 0 aliphatic carbocycles. The number of hydrogen-bond donors (Lipinski definition) is 2. The molecule has 0 aliphatic rings. The zero-order valence-corrected chi connectivity index (χ0v) is 16.1. The predicted molar refractivity (Wildman–Crippen MR) is 94.1 cm³/mol. The molecule has 1 aromatic heterocycles. The van der Waals surface area contributed by atoms with E-state index in [1.807, 2.05) is 13.8 Å². The van der Waals surface area contributed by atoms with E-state index in [-0.39, 0.29) is 18.0 Å². The van der Waals surface area contributed by atoms with Crippen molar-refractivity contribution in [3.8, 4) is 6.07 Å². The summed E-state index contributed by atoms with van der Waals surface area (Å²) in [5, 5.41) is 8.92. The number of nitrogens with two attached hydrogens (primary N) is 1. The van der Waals surface area contributed by atoms with Crippen LogP contribution < -0.4 is 5.73 Å². The normalized spacial score (nSPS) is 15.7. The number of nitrogens with zero attached hydrogens (tertiary/aromatic N) is 3. The van der Waals surface area contributed by atoms with E-state index >= 15 is 0 Å². The third kappa shape index (κ3) is 6.07. The van der Waals surface area contributed by atoms with E-state index in [0.29, 0.717) is 17.4 Å². The van der Waals surface area contributed by atoms with Crippen LogP contribution in [0.25, 0.3) is 0 Å². The standard InChI is InChI=1S/C15H21BrF2N4OS/c1-14(2,9-19)6-3-7-21-24(23)10-15(20,8-17)13-11(18)4-5-12(16)22-13/h4-5,24H,3,6-8,10,20H2,1-2H3/t15-/m0/s1. The minimum absolute atomic E-state index is 0.275. The molecule has 0 saturated heterocycles. The summed E-state index contributed by atoms with van der Waals surface area (Å²) < 4.78 is 43.7. The lowest BCUT2D eigenvalue weighted by molar-refractivity contribution is 0.322. The van der Waals surface area contributed by atoms with Gasteiger partial charge in [0.2, 0.25) is 0 Å². The summed E-state index contributed by atoms with van der Waals surface area (Å²) in [5.74, 6) is -1.08. The van der Waals surface area contributed by atoms with Gasteiger partial charge in [0.1, 0.15) is 28.3 Å². The van der Waals surface area contributed by atoms with E-state index < -0.39 is 34.0 Å². The lowest BCUT2D eigenvalue weighted by Crippen LogP contribution is -2.45. The molecule has 1 rings (SSSR count). The molecule has 0 fully saturated rings. The van der Waals surface area contributed by atoms with Crippen molar-refractivity contribution < 1.29 is 13.0 Å². The van der Waals surface area contributed by atoms with Gasteiger partial charge in [0.05, 0.1) is 17.2 Å². The first-order valence-corrected chi connectivity index (χ1v) is 9.53. The Morgan fingerprint density at radius 3 is 2.75 bits per heavy atom. The maximum absolute atomic E-state index is 13.9. The van der Waals surface area contributed by atoms with Crippen molar-refractivity contribution in [1.29, 1.82) is 5.26 Å². The van der Waals surface area contributed by atoms with Gasteiger partial charge >= 0.3 is 0 Å². The van der Waals surface area contributed by atoms with Crippen molar-refractivity contribution in [2.24, 2.45) is 15.5 Å². The van der Waals surface area contributed by atoms with E-state index in [0.717, 1.165) is 6.07 Å². The fourth-order valence-electron chi connectivity index (χ4n) is 2.00. The molecule has 2 atom stereocenters. The Morgan fingerprint density at radius 2 is 2.17 bits per heavy atom. The van der Waals surface area contributed by atoms with Crippen molar-refractivity contribution in [1.82, 2.24) is 4.98 Å². The van der Waals surface area contributed by atoms with Gasteiger partial charge in [-0.05, 0) is 54.8 Å². The Kier molecular flexibility index (Phi) is 7.70. The van der Waals surface area contributed by atoms with Crippen LogP contribution in [0.15, 0.2) is 21.1 Å². The Bertz CT molecular complexity index is 701. The molecule has 0 spiro atoms. The zero-order valence-electron chi connectivity index (χ0n) is 13.6. The van der Waals surface area contributed by atoms with Crippen LogP contribution in [-0.4, -0.2) is 28.2 Å². The van der Waals surface area contributed by atoms with Gasteiger partial charge in [0.25, 0.3) is 0 Å². The van der Waals surface area contributed by atoms with Crippen LogP contribution in [0.4, 0.5) is 8.78 Å². The van der Waals surface area contributed by atoms with Crippen molar-refractivity contribution in [3.05, 3.63) is 28.2 Å². The number of nitriles is 1. The van der Waals surface area contributed by atoms with E-state index in [9.17, 15) is 13.0 Å². The fraction of sp³-hybridized carbons (Fsp3) is 0.600. The molecule has 0 aromatic carbocycles. The van der Waals surface area contributed by atoms with Crippen molar-refractivity contribution in [2.75, 3.05) is 19.0 Å². The molecular formula is C15H21BrF2N4OS. The first-order chi connectivity index (χ1) is 11.1. The molecule has 134 valence electrons. The molecule has 0 bridgehead atoms. The molecule has 0 aliphatic heterocycles.